The molecule has 3 aromatic rings. The van der Waals surface area contributed by atoms with Gasteiger partial charge >= 0.3 is 0 Å². The molecular formula is C14H9ClN4O. The van der Waals surface area contributed by atoms with E-state index in [4.69, 9.17) is 11.6 Å². The molecule has 6 heteroatoms. The van der Waals surface area contributed by atoms with Crippen molar-refractivity contribution in [3.63, 3.8) is 0 Å². The van der Waals surface area contributed by atoms with E-state index in [0.29, 0.717) is 11.4 Å². The summed E-state index contributed by atoms with van der Waals surface area (Å²) < 4.78 is 0. The van der Waals surface area contributed by atoms with Gasteiger partial charge in [0.2, 0.25) is 0 Å². The number of carbonyl (C=O) groups excluding carboxylic acids is 1. The van der Waals surface area contributed by atoms with Crippen molar-refractivity contribution in [1.29, 1.82) is 0 Å². The topological polar surface area (TPSA) is 67.8 Å². The van der Waals surface area contributed by atoms with Crippen LogP contribution in [-0.2, 0) is 0 Å². The molecule has 20 heavy (non-hydrogen) atoms. The fourth-order valence-corrected chi connectivity index (χ4v) is 1.96. The SMILES string of the molecule is O=C(Nc1cncc(Cl)n1)c1ccc2ncccc2c1. The summed E-state index contributed by atoms with van der Waals surface area (Å²) in [6, 6.07) is 9.01. The lowest BCUT2D eigenvalue weighted by atomic mass is 10.1. The number of nitrogens with zero attached hydrogens (tertiary/aromatic N) is 3. The number of aromatic nitrogens is 3. The molecule has 0 unspecified atom stereocenters. The van der Waals surface area contributed by atoms with Crippen LogP contribution in [0.15, 0.2) is 48.9 Å². The lowest BCUT2D eigenvalue weighted by Crippen LogP contribution is -2.13. The number of halogens is 1. The maximum atomic E-state index is 12.1. The van der Waals surface area contributed by atoms with Crippen LogP contribution in [0, 0.1) is 0 Å². The second-order valence-electron chi connectivity index (χ2n) is 4.09. The van der Waals surface area contributed by atoms with Crippen LogP contribution in [0.4, 0.5) is 5.82 Å². The standard InChI is InChI=1S/C14H9ClN4O/c15-12-7-16-8-13(18-12)19-14(20)10-3-4-11-9(6-10)2-1-5-17-11/h1-8H,(H,18,19,20). The van der Waals surface area contributed by atoms with Crippen molar-refractivity contribution in [3.05, 3.63) is 59.6 Å². The Labute approximate surface area is 119 Å². The third-order valence-corrected chi connectivity index (χ3v) is 2.89. The van der Waals surface area contributed by atoms with Gasteiger partial charge in [0.25, 0.3) is 5.91 Å². The van der Waals surface area contributed by atoms with Crippen molar-refractivity contribution in [2.45, 2.75) is 0 Å². The first-order valence-electron chi connectivity index (χ1n) is 5.86. The molecule has 1 aromatic carbocycles. The number of hydrogen-bond donors (Lipinski definition) is 1. The maximum Gasteiger partial charge on any atom is 0.256 e. The number of rotatable bonds is 2. The number of anilines is 1. The Morgan fingerprint density at radius 1 is 1.20 bits per heavy atom. The van der Waals surface area contributed by atoms with Gasteiger partial charge in [-0.1, -0.05) is 17.7 Å². The van der Waals surface area contributed by atoms with Crippen molar-refractivity contribution in [3.8, 4) is 0 Å². The highest BCUT2D eigenvalue weighted by molar-refractivity contribution is 6.29. The van der Waals surface area contributed by atoms with Gasteiger partial charge in [-0.3, -0.25) is 14.8 Å². The predicted octanol–water partition coefficient (Wildman–Crippen LogP) is 2.93. The molecule has 2 aromatic heterocycles. The summed E-state index contributed by atoms with van der Waals surface area (Å²) in [5.41, 5.74) is 1.36. The third-order valence-electron chi connectivity index (χ3n) is 2.71. The number of benzene rings is 1. The molecule has 0 bridgehead atoms. The number of amides is 1. The average molecular weight is 285 g/mol. The van der Waals surface area contributed by atoms with Crippen LogP contribution in [0.25, 0.3) is 10.9 Å². The summed E-state index contributed by atoms with van der Waals surface area (Å²) in [5, 5.41) is 3.77. The molecule has 0 aliphatic heterocycles. The fourth-order valence-electron chi connectivity index (χ4n) is 1.81. The molecule has 0 aliphatic rings. The number of hydrogen-bond acceptors (Lipinski definition) is 4. The number of fused-ring (bicyclic) bond motifs is 1. The third kappa shape index (κ3) is 2.57. The summed E-state index contributed by atoms with van der Waals surface area (Å²) in [6.45, 7) is 0. The van der Waals surface area contributed by atoms with E-state index in [1.807, 2.05) is 12.1 Å². The molecule has 0 fully saturated rings. The Hall–Kier alpha value is -2.53. The molecule has 1 N–H and O–H groups in total. The summed E-state index contributed by atoms with van der Waals surface area (Å²) >= 11 is 5.72. The largest absolute Gasteiger partial charge is 0.305 e. The lowest BCUT2D eigenvalue weighted by Gasteiger charge is -2.05. The molecule has 0 atom stereocenters. The summed E-state index contributed by atoms with van der Waals surface area (Å²) in [6.07, 6.45) is 4.55. The lowest BCUT2D eigenvalue weighted by molar-refractivity contribution is 0.102. The first kappa shape index (κ1) is 12.5. The van der Waals surface area contributed by atoms with Crippen molar-refractivity contribution in [2.24, 2.45) is 0 Å². The second-order valence-corrected chi connectivity index (χ2v) is 4.48. The first-order valence-corrected chi connectivity index (χ1v) is 6.24. The van der Waals surface area contributed by atoms with Crippen LogP contribution in [0.5, 0.6) is 0 Å². The minimum absolute atomic E-state index is 0.227. The summed E-state index contributed by atoms with van der Waals surface area (Å²) in [7, 11) is 0. The van der Waals surface area contributed by atoms with Crippen LogP contribution in [-0.4, -0.2) is 20.9 Å². The molecular weight excluding hydrogens is 276 g/mol. The molecule has 2 heterocycles. The number of pyridine rings is 1. The van der Waals surface area contributed by atoms with Gasteiger partial charge in [-0.05, 0) is 24.3 Å². The normalized spacial score (nSPS) is 10.4. The van der Waals surface area contributed by atoms with E-state index in [-0.39, 0.29) is 11.1 Å². The van der Waals surface area contributed by atoms with Crippen LogP contribution in [0.1, 0.15) is 10.4 Å². The zero-order chi connectivity index (χ0) is 13.9. The monoisotopic (exact) mass is 284 g/mol. The van der Waals surface area contributed by atoms with Gasteiger partial charge in [0.15, 0.2) is 5.82 Å². The quantitative estimate of drug-likeness (QED) is 0.785. The summed E-state index contributed by atoms with van der Waals surface area (Å²) in [4.78, 5) is 24.2. The minimum atomic E-state index is -0.271. The molecule has 3 rings (SSSR count). The molecule has 98 valence electrons. The van der Waals surface area contributed by atoms with E-state index in [1.165, 1.54) is 12.4 Å². The van der Waals surface area contributed by atoms with Crippen LogP contribution in [0.2, 0.25) is 5.15 Å². The number of carbonyl (C=O) groups is 1. The van der Waals surface area contributed by atoms with E-state index in [2.05, 4.69) is 20.3 Å². The van der Waals surface area contributed by atoms with Crippen molar-refractivity contribution < 1.29 is 4.79 Å². The molecule has 1 amide bonds. The zero-order valence-electron chi connectivity index (χ0n) is 10.2. The minimum Gasteiger partial charge on any atom is -0.305 e. The molecule has 5 nitrogen and oxygen atoms in total. The highest BCUT2D eigenvalue weighted by Crippen LogP contribution is 2.15. The Balaban J connectivity index is 1.88. The zero-order valence-corrected chi connectivity index (χ0v) is 11.0. The molecule has 0 saturated carbocycles. The van der Waals surface area contributed by atoms with E-state index in [1.54, 1.807) is 24.4 Å². The first-order chi connectivity index (χ1) is 9.72. The van der Waals surface area contributed by atoms with Gasteiger partial charge in [-0.2, -0.15) is 0 Å². The van der Waals surface area contributed by atoms with Gasteiger partial charge in [0.05, 0.1) is 17.9 Å². The Morgan fingerprint density at radius 2 is 2.10 bits per heavy atom. The molecule has 0 aliphatic carbocycles. The van der Waals surface area contributed by atoms with Gasteiger partial charge in [0, 0.05) is 17.1 Å². The Kier molecular flexibility index (Phi) is 3.26. The van der Waals surface area contributed by atoms with E-state index in [0.717, 1.165) is 10.9 Å². The molecule has 0 spiro atoms. The van der Waals surface area contributed by atoms with Crippen LogP contribution < -0.4 is 5.32 Å². The van der Waals surface area contributed by atoms with Gasteiger partial charge in [0.1, 0.15) is 5.15 Å². The van der Waals surface area contributed by atoms with Crippen LogP contribution >= 0.6 is 11.6 Å². The smallest absolute Gasteiger partial charge is 0.256 e. The number of nitrogens with one attached hydrogen (secondary N) is 1. The average Bonchev–Trinajstić information content (AvgIpc) is 2.47. The van der Waals surface area contributed by atoms with Gasteiger partial charge < -0.3 is 5.32 Å². The fraction of sp³-hybridized carbons (Fsp3) is 0. The van der Waals surface area contributed by atoms with E-state index >= 15 is 0 Å². The molecule has 0 saturated heterocycles. The van der Waals surface area contributed by atoms with Crippen molar-refractivity contribution in [2.75, 3.05) is 5.32 Å². The van der Waals surface area contributed by atoms with E-state index in [9.17, 15) is 4.79 Å². The highest BCUT2D eigenvalue weighted by atomic mass is 35.5. The van der Waals surface area contributed by atoms with Crippen molar-refractivity contribution >= 4 is 34.2 Å². The van der Waals surface area contributed by atoms with E-state index < -0.39 is 0 Å². The van der Waals surface area contributed by atoms with Crippen LogP contribution in [0.3, 0.4) is 0 Å². The van der Waals surface area contributed by atoms with Gasteiger partial charge in [-0.25, -0.2) is 4.98 Å². The second kappa shape index (κ2) is 5.22. The Morgan fingerprint density at radius 3 is 2.95 bits per heavy atom. The van der Waals surface area contributed by atoms with Gasteiger partial charge in [-0.15, -0.1) is 0 Å². The Bertz CT molecular complexity index is 791. The predicted molar refractivity (Wildman–Crippen MR) is 76.7 cm³/mol. The highest BCUT2D eigenvalue weighted by Gasteiger charge is 2.08. The summed E-state index contributed by atoms with van der Waals surface area (Å²) in [5.74, 6) is 0.0427. The van der Waals surface area contributed by atoms with Crippen molar-refractivity contribution in [1.82, 2.24) is 15.0 Å². The maximum absolute atomic E-state index is 12.1. The molecule has 0 radical (unpaired) electrons.